The number of allylic oxidation sites excluding steroid dienone is 4. The molecule has 0 aromatic carbocycles. The van der Waals surface area contributed by atoms with Crippen LogP contribution in [0.5, 0.6) is 0 Å². The number of ether oxygens (including phenoxy) is 1. The van der Waals surface area contributed by atoms with Crippen LogP contribution in [0.1, 0.15) is 27.2 Å². The van der Waals surface area contributed by atoms with E-state index in [4.69, 9.17) is 10.5 Å². The molecule has 0 aromatic rings. The Hall–Kier alpha value is -1.02. The average Bonchev–Trinajstić information content (AvgIpc) is 2.22. The molecule has 0 bridgehead atoms. The first-order valence-corrected chi connectivity index (χ1v) is 4.99. The highest BCUT2D eigenvalue weighted by Gasteiger charge is 2.00. The van der Waals surface area contributed by atoms with Gasteiger partial charge in [-0.25, -0.2) is 0 Å². The minimum atomic E-state index is 0.113. The first kappa shape index (κ1) is 13.0. The Morgan fingerprint density at radius 3 is 2.64 bits per heavy atom. The highest BCUT2D eigenvalue weighted by molar-refractivity contribution is 5.23. The van der Waals surface area contributed by atoms with Gasteiger partial charge in [-0.3, -0.25) is 0 Å². The lowest BCUT2D eigenvalue weighted by atomic mass is 10.2. The predicted octanol–water partition coefficient (Wildman–Crippen LogP) is 2.78. The lowest BCUT2D eigenvalue weighted by molar-refractivity contribution is 0.202. The summed E-state index contributed by atoms with van der Waals surface area (Å²) >= 11 is 0. The molecule has 80 valence electrons. The average molecular weight is 195 g/mol. The quantitative estimate of drug-likeness (QED) is 0.522. The van der Waals surface area contributed by atoms with Crippen molar-refractivity contribution < 1.29 is 4.74 Å². The molecule has 2 heteroatoms. The fourth-order valence-electron chi connectivity index (χ4n) is 0.813. The number of nitrogens with two attached hydrogens (primary N) is 1. The van der Waals surface area contributed by atoms with Crippen LogP contribution in [0.15, 0.2) is 36.1 Å². The van der Waals surface area contributed by atoms with Crippen LogP contribution < -0.4 is 5.73 Å². The van der Waals surface area contributed by atoms with Crippen molar-refractivity contribution in [1.82, 2.24) is 0 Å². The summed E-state index contributed by atoms with van der Waals surface area (Å²) in [5.74, 6) is 0.853. The zero-order valence-electron chi connectivity index (χ0n) is 9.42. The summed E-state index contributed by atoms with van der Waals surface area (Å²) in [6.07, 6.45) is 6.61. The lowest BCUT2D eigenvalue weighted by Crippen LogP contribution is -2.24. The smallest absolute Gasteiger partial charge is 0.115 e. The van der Waals surface area contributed by atoms with Crippen LogP contribution in [0.3, 0.4) is 0 Å². The zero-order valence-corrected chi connectivity index (χ0v) is 9.42. The highest BCUT2D eigenvalue weighted by Crippen LogP contribution is 2.05. The van der Waals surface area contributed by atoms with Crippen molar-refractivity contribution >= 4 is 0 Å². The number of hydrogen-bond donors (Lipinski definition) is 1. The third-order valence-electron chi connectivity index (χ3n) is 1.96. The molecule has 1 unspecified atom stereocenters. The molecule has 2 nitrogen and oxygen atoms in total. The Balaban J connectivity index is 4.12. The Kier molecular flexibility index (Phi) is 6.85. The molecule has 0 saturated carbocycles. The van der Waals surface area contributed by atoms with E-state index in [0.29, 0.717) is 6.61 Å². The van der Waals surface area contributed by atoms with Gasteiger partial charge in [0.15, 0.2) is 0 Å². The summed E-state index contributed by atoms with van der Waals surface area (Å²) in [4.78, 5) is 0. The van der Waals surface area contributed by atoms with Crippen molar-refractivity contribution in [2.45, 2.75) is 33.2 Å². The van der Waals surface area contributed by atoms with Gasteiger partial charge in [0.2, 0.25) is 0 Å². The fourth-order valence-corrected chi connectivity index (χ4v) is 0.813. The van der Waals surface area contributed by atoms with Gasteiger partial charge < -0.3 is 10.5 Å². The Bertz CT molecular complexity index is 228. The third-order valence-corrected chi connectivity index (χ3v) is 1.96. The molecule has 2 N–H and O–H groups in total. The first-order valence-electron chi connectivity index (χ1n) is 4.99. The topological polar surface area (TPSA) is 35.2 Å². The van der Waals surface area contributed by atoms with E-state index in [1.165, 1.54) is 0 Å². The molecule has 0 radical (unpaired) electrons. The standard InChI is InChI=1S/C12H21NO/c1-5-10(4)8-12(7-3)14-9-11(13)6-2/h5,7-8,11H,1,6,9,13H2,2-4H3/b10-8-,12-7+. The molecular weight excluding hydrogens is 174 g/mol. The van der Waals surface area contributed by atoms with Gasteiger partial charge >= 0.3 is 0 Å². The summed E-state index contributed by atoms with van der Waals surface area (Å²) < 4.78 is 5.53. The maximum absolute atomic E-state index is 5.75. The van der Waals surface area contributed by atoms with E-state index < -0.39 is 0 Å². The van der Waals surface area contributed by atoms with Crippen molar-refractivity contribution in [3.63, 3.8) is 0 Å². The molecule has 14 heavy (non-hydrogen) atoms. The van der Waals surface area contributed by atoms with Crippen LogP contribution in [0, 0.1) is 0 Å². The Morgan fingerprint density at radius 2 is 2.21 bits per heavy atom. The third kappa shape index (κ3) is 5.60. The van der Waals surface area contributed by atoms with Crippen LogP contribution in [0.4, 0.5) is 0 Å². The maximum atomic E-state index is 5.75. The van der Waals surface area contributed by atoms with Crippen molar-refractivity contribution in [3.05, 3.63) is 36.1 Å². The van der Waals surface area contributed by atoms with Gasteiger partial charge in [0.25, 0.3) is 0 Å². The molecular formula is C12H21NO. The van der Waals surface area contributed by atoms with Crippen molar-refractivity contribution in [2.75, 3.05) is 6.61 Å². The van der Waals surface area contributed by atoms with E-state index in [-0.39, 0.29) is 6.04 Å². The van der Waals surface area contributed by atoms with Crippen LogP contribution in [-0.4, -0.2) is 12.6 Å². The molecule has 0 fully saturated rings. The summed E-state index contributed by atoms with van der Waals surface area (Å²) in [6, 6.07) is 0.113. The van der Waals surface area contributed by atoms with Crippen LogP contribution in [-0.2, 0) is 4.74 Å². The monoisotopic (exact) mass is 195 g/mol. The van der Waals surface area contributed by atoms with Crippen LogP contribution in [0.25, 0.3) is 0 Å². The summed E-state index contributed by atoms with van der Waals surface area (Å²) in [5, 5.41) is 0. The lowest BCUT2D eigenvalue weighted by Gasteiger charge is -2.11. The van der Waals surface area contributed by atoms with E-state index in [9.17, 15) is 0 Å². The van der Waals surface area contributed by atoms with Gasteiger partial charge in [-0.15, -0.1) is 0 Å². The van der Waals surface area contributed by atoms with Crippen molar-refractivity contribution in [2.24, 2.45) is 5.73 Å². The fraction of sp³-hybridized carbons (Fsp3) is 0.500. The molecule has 0 aliphatic heterocycles. The van der Waals surface area contributed by atoms with Gasteiger partial charge in [0.05, 0.1) is 0 Å². The SMILES string of the molecule is C=C/C(C)=C\C(=C/C)OCC(N)CC. The Labute approximate surface area is 87.1 Å². The highest BCUT2D eigenvalue weighted by atomic mass is 16.5. The second-order valence-electron chi connectivity index (χ2n) is 3.26. The molecule has 0 aliphatic rings. The largest absolute Gasteiger partial charge is 0.492 e. The van der Waals surface area contributed by atoms with E-state index in [0.717, 1.165) is 17.8 Å². The van der Waals surface area contributed by atoms with E-state index in [1.54, 1.807) is 6.08 Å². The molecule has 0 spiro atoms. The molecule has 0 saturated heterocycles. The Morgan fingerprint density at radius 1 is 1.57 bits per heavy atom. The molecule has 0 amide bonds. The molecule has 0 aliphatic carbocycles. The zero-order chi connectivity index (χ0) is 11.0. The van der Waals surface area contributed by atoms with Gasteiger partial charge in [0, 0.05) is 6.04 Å². The summed E-state index contributed by atoms with van der Waals surface area (Å²) in [5.41, 5.74) is 6.83. The first-order chi connectivity index (χ1) is 6.63. The van der Waals surface area contributed by atoms with Gasteiger partial charge in [0.1, 0.15) is 12.4 Å². The number of rotatable bonds is 6. The van der Waals surface area contributed by atoms with E-state index >= 15 is 0 Å². The van der Waals surface area contributed by atoms with Crippen molar-refractivity contribution in [1.29, 1.82) is 0 Å². The summed E-state index contributed by atoms with van der Waals surface area (Å²) in [6.45, 7) is 10.2. The molecule has 0 aromatic heterocycles. The second-order valence-corrected chi connectivity index (χ2v) is 3.26. The maximum Gasteiger partial charge on any atom is 0.115 e. The molecule has 0 heterocycles. The van der Waals surface area contributed by atoms with E-state index in [1.807, 2.05) is 32.9 Å². The van der Waals surface area contributed by atoms with Gasteiger partial charge in [-0.2, -0.15) is 0 Å². The molecule has 1 atom stereocenters. The molecule has 0 rings (SSSR count). The summed E-state index contributed by atoms with van der Waals surface area (Å²) in [7, 11) is 0. The van der Waals surface area contributed by atoms with Crippen LogP contribution >= 0.6 is 0 Å². The normalized spacial score (nSPS) is 15.1. The second kappa shape index (κ2) is 7.39. The van der Waals surface area contributed by atoms with Crippen molar-refractivity contribution in [3.8, 4) is 0 Å². The van der Waals surface area contributed by atoms with E-state index in [2.05, 4.69) is 6.58 Å². The minimum Gasteiger partial charge on any atom is -0.492 e. The van der Waals surface area contributed by atoms with Gasteiger partial charge in [-0.1, -0.05) is 19.6 Å². The predicted molar refractivity (Wildman–Crippen MR) is 61.9 cm³/mol. The van der Waals surface area contributed by atoms with Gasteiger partial charge in [-0.05, 0) is 38.0 Å². The van der Waals surface area contributed by atoms with Crippen LogP contribution in [0.2, 0.25) is 0 Å². The minimum absolute atomic E-state index is 0.113. The number of hydrogen-bond acceptors (Lipinski definition) is 2.